The van der Waals surface area contributed by atoms with Crippen molar-refractivity contribution >= 4 is 140 Å². The van der Waals surface area contributed by atoms with E-state index in [1.165, 1.54) is 60.7 Å². The number of unbranched alkanes of at least 4 members (excludes halogenated alkanes) is 3. The molecule has 34 nitrogen and oxygen atoms in total. The molecule has 6 aromatic carbocycles. The predicted molar refractivity (Wildman–Crippen MR) is 432 cm³/mol. The number of ether oxygens (including phenoxy) is 3. The maximum Gasteiger partial charge on any atom is 0.407 e. The average molecular weight is 1690 g/mol. The average Bonchev–Trinajstić information content (AvgIpc) is 1.63. The molecule has 0 radical (unpaired) electrons. The molecule has 606 valence electrons. The zero-order valence-electron chi connectivity index (χ0n) is 62.1. The van der Waals surface area contributed by atoms with Gasteiger partial charge in [-0.25, -0.2) is 73.1 Å². The number of alkyl carbamates (subject to hydrolysis) is 3. The van der Waals surface area contributed by atoms with E-state index in [9.17, 15) is 44.0 Å². The molecule has 12 aromatic rings. The van der Waals surface area contributed by atoms with Gasteiger partial charge in [0.2, 0.25) is 46.6 Å². The molecular formula is C74H82Cl3FN22O12S3. The lowest BCUT2D eigenvalue weighted by Crippen LogP contribution is -2.25. The van der Waals surface area contributed by atoms with Crippen molar-refractivity contribution < 1.29 is 58.2 Å². The number of nitrogens with zero attached hydrogens (tertiary/aromatic N) is 13. The van der Waals surface area contributed by atoms with Crippen molar-refractivity contribution in [2.75, 3.05) is 56.0 Å². The number of hydrogen-bond donors (Lipinski definition) is 9. The Hall–Kier alpha value is -11.5. The standard InChI is InChI=1S/C26H31ClN8O4S.C24H25ClFN7O4S.C24H26ClN7O4S/c1-34(2)25-32-23(28)22-24(33-25)35(17-30-22)13-3-4-14-39-26(36)29-15-18-7-11-21(12-8-18)40(37,38)31-16-19-5-9-20(27)10-6-19;25-23-31-21(27)20-22(32-23)33(15-29-20)11-1-2-12-37-24(34)28-13-16-5-9-19(10-6-16)38(35,36)30-14-17-3-7-18(26)8-4-17;25-23-30-21(26)20-22(31-23)32(16-28-20)11-4-5-12-36-24(33)27-14-18-9-6-10-19(13-18)37(34,35)29-15-17-7-2-1-3-8-17/h5-12,17,31H,3-4,13-16H2,1-2H3,(H,29,36)(H2,28,32,33);3-10,15,30H,1-2,11-14H2,(H,28,34)(H2,27,31,32);1-3,6-10,13,16,29H,4-5,11-12,14-15H2,(H,27,33)(H2,26,30,31). The second kappa shape index (κ2) is 41.0. The highest BCUT2D eigenvalue weighted by Gasteiger charge is 2.20. The van der Waals surface area contributed by atoms with Crippen LogP contribution < -0.4 is 52.2 Å². The van der Waals surface area contributed by atoms with E-state index < -0.39 is 54.2 Å². The number of aromatic nitrogens is 12. The zero-order chi connectivity index (χ0) is 82.1. The summed E-state index contributed by atoms with van der Waals surface area (Å²) in [5, 5.41) is 8.63. The molecule has 0 saturated heterocycles. The molecule has 0 aliphatic heterocycles. The lowest BCUT2D eigenvalue weighted by Gasteiger charge is -2.11. The lowest BCUT2D eigenvalue weighted by molar-refractivity contribution is 0.142. The van der Waals surface area contributed by atoms with Gasteiger partial charge in [-0.2, -0.15) is 29.9 Å². The summed E-state index contributed by atoms with van der Waals surface area (Å²) in [5.41, 5.74) is 25.2. The van der Waals surface area contributed by atoms with Crippen LogP contribution in [-0.2, 0) is 103 Å². The van der Waals surface area contributed by atoms with E-state index in [1.54, 1.807) is 84.5 Å². The SMILES string of the molecule is CN(C)c1nc(N)c2ncn(CCCCOC(=O)NCc3ccc(S(=O)(=O)NCc4ccc(Cl)cc4)cc3)c2n1.Nc1nc(Cl)nc2c1ncn2CCCCOC(=O)NCc1ccc(S(=O)(=O)NCc2ccc(F)cc2)cc1.Nc1nc(Cl)nc2c1ncn2CCCCOC(=O)NCc1cccc(S(=O)(=O)NCc2ccccc2)c1. The van der Waals surface area contributed by atoms with Crippen molar-refractivity contribution in [1.82, 2.24) is 88.7 Å². The Morgan fingerprint density at radius 3 is 1.17 bits per heavy atom. The fourth-order valence-electron chi connectivity index (χ4n) is 10.8. The van der Waals surface area contributed by atoms with Gasteiger partial charge in [0.15, 0.2) is 34.4 Å². The maximum atomic E-state index is 13.0. The number of hydrogen-bond acceptors (Lipinski definition) is 25. The summed E-state index contributed by atoms with van der Waals surface area (Å²) < 4.78 is 117. The minimum Gasteiger partial charge on any atom is -0.450 e. The number of imidazole rings is 3. The van der Waals surface area contributed by atoms with Crippen LogP contribution in [0.2, 0.25) is 15.6 Å². The summed E-state index contributed by atoms with van der Waals surface area (Å²) >= 11 is 17.6. The molecule has 0 bridgehead atoms. The van der Waals surface area contributed by atoms with Crippen molar-refractivity contribution in [2.24, 2.45) is 0 Å². The molecule has 12 rings (SSSR count). The van der Waals surface area contributed by atoms with Gasteiger partial charge in [0.05, 0.1) is 53.5 Å². The summed E-state index contributed by atoms with van der Waals surface area (Å²) in [6.45, 7) is 3.36. The summed E-state index contributed by atoms with van der Waals surface area (Å²) in [5.74, 6) is 0.884. The minimum absolute atomic E-state index is 0.0357. The second-order valence-electron chi connectivity index (χ2n) is 25.6. The van der Waals surface area contributed by atoms with Gasteiger partial charge in [-0.1, -0.05) is 103 Å². The number of fused-ring (bicyclic) bond motifs is 3. The number of anilines is 4. The molecule has 41 heteroatoms. The molecule has 0 spiro atoms. The van der Waals surface area contributed by atoms with E-state index in [1.807, 2.05) is 58.1 Å². The van der Waals surface area contributed by atoms with Crippen LogP contribution in [0.15, 0.2) is 185 Å². The molecule has 3 amide bonds. The Morgan fingerprint density at radius 1 is 0.409 bits per heavy atom. The summed E-state index contributed by atoms with van der Waals surface area (Å²) in [4.78, 5) is 75.8. The Morgan fingerprint density at radius 2 is 0.757 bits per heavy atom. The Labute approximate surface area is 676 Å². The number of amides is 3. The van der Waals surface area contributed by atoms with Crippen LogP contribution in [0, 0.1) is 5.82 Å². The zero-order valence-corrected chi connectivity index (χ0v) is 66.8. The van der Waals surface area contributed by atoms with Crippen molar-refractivity contribution in [3.8, 4) is 0 Å². The van der Waals surface area contributed by atoms with Gasteiger partial charge in [-0.05, 0) is 156 Å². The van der Waals surface area contributed by atoms with Gasteiger partial charge < -0.3 is 66.0 Å². The van der Waals surface area contributed by atoms with Crippen molar-refractivity contribution in [1.29, 1.82) is 0 Å². The largest absolute Gasteiger partial charge is 0.450 e. The lowest BCUT2D eigenvalue weighted by atomic mass is 10.2. The highest BCUT2D eigenvalue weighted by atomic mass is 35.5. The van der Waals surface area contributed by atoms with Gasteiger partial charge in [0.25, 0.3) is 0 Å². The summed E-state index contributed by atoms with van der Waals surface area (Å²) in [7, 11) is -7.46. The molecule has 115 heavy (non-hydrogen) atoms. The van der Waals surface area contributed by atoms with E-state index in [-0.39, 0.29) is 96.0 Å². The first-order valence-corrected chi connectivity index (χ1v) is 41.2. The number of sulfonamides is 3. The molecule has 0 aliphatic rings. The number of carbonyl (C=O) groups is 3. The van der Waals surface area contributed by atoms with Crippen LogP contribution in [0.25, 0.3) is 33.5 Å². The van der Waals surface area contributed by atoms with Crippen molar-refractivity contribution in [3.05, 3.63) is 225 Å². The molecule has 0 saturated carbocycles. The second-order valence-corrected chi connectivity index (χ2v) is 32.0. The fraction of sp³-hybridized carbons (Fsp3) is 0.270. The molecule has 0 unspecified atom stereocenters. The van der Waals surface area contributed by atoms with Crippen LogP contribution in [-0.4, -0.2) is 136 Å². The van der Waals surface area contributed by atoms with Gasteiger partial charge in [-0.15, -0.1) is 0 Å². The molecule has 0 fully saturated rings. The third kappa shape index (κ3) is 25.8. The van der Waals surface area contributed by atoms with Crippen molar-refractivity contribution in [3.63, 3.8) is 0 Å². The van der Waals surface area contributed by atoms with Gasteiger partial charge in [0, 0.05) is 78.0 Å². The first-order valence-electron chi connectivity index (χ1n) is 35.6. The Kier molecular flexibility index (Phi) is 30.6. The van der Waals surface area contributed by atoms with Crippen LogP contribution in [0.5, 0.6) is 0 Å². The molecule has 6 aromatic heterocycles. The molecular weight excluding hydrogens is 1610 g/mol. The molecule has 0 aliphatic carbocycles. The monoisotopic (exact) mass is 1690 g/mol. The van der Waals surface area contributed by atoms with Gasteiger partial charge >= 0.3 is 18.3 Å². The smallest absolute Gasteiger partial charge is 0.407 e. The third-order valence-electron chi connectivity index (χ3n) is 16.9. The van der Waals surface area contributed by atoms with E-state index in [2.05, 4.69) is 75.0 Å². The normalized spacial score (nSPS) is 11.5. The van der Waals surface area contributed by atoms with Gasteiger partial charge in [-0.3, -0.25) is 0 Å². The number of nitrogen functional groups attached to an aromatic ring is 3. The number of aryl methyl sites for hydroxylation is 3. The number of rotatable bonds is 34. The topological polar surface area (TPSA) is 466 Å². The minimum atomic E-state index is -3.75. The third-order valence-corrected chi connectivity index (χ3v) is 21.8. The van der Waals surface area contributed by atoms with Gasteiger partial charge in [0.1, 0.15) is 22.4 Å². The van der Waals surface area contributed by atoms with Crippen LogP contribution in [0.4, 0.5) is 42.2 Å². The number of benzene rings is 6. The van der Waals surface area contributed by atoms with Crippen LogP contribution >= 0.6 is 34.8 Å². The molecule has 12 N–H and O–H groups in total. The summed E-state index contributed by atoms with van der Waals surface area (Å²) in [6, 6.07) is 40.5. The fourth-order valence-corrected chi connectivity index (χ4v) is 14.4. The number of carbonyl (C=O) groups excluding carboxylic acids is 3. The molecule has 6 heterocycles. The first kappa shape index (κ1) is 85.9. The van der Waals surface area contributed by atoms with E-state index >= 15 is 0 Å². The quantitative estimate of drug-likeness (QED) is 0.0103. The Balaban J connectivity index is 0.000000182. The van der Waals surface area contributed by atoms with E-state index in [0.29, 0.717) is 119 Å². The maximum absolute atomic E-state index is 13.0. The summed E-state index contributed by atoms with van der Waals surface area (Å²) in [6.07, 6.45) is 7.19. The van der Waals surface area contributed by atoms with Crippen LogP contribution in [0.1, 0.15) is 71.9 Å². The molecule has 0 atom stereocenters. The highest BCUT2D eigenvalue weighted by Crippen LogP contribution is 2.24. The number of nitrogens with two attached hydrogens (primary N) is 3. The van der Waals surface area contributed by atoms with Crippen molar-refractivity contribution in [2.45, 2.75) is 112 Å². The highest BCUT2D eigenvalue weighted by molar-refractivity contribution is 7.90. The van der Waals surface area contributed by atoms with E-state index in [0.717, 1.165) is 23.1 Å². The number of halogens is 4. The Bertz CT molecular complexity index is 5650. The van der Waals surface area contributed by atoms with Crippen LogP contribution in [0.3, 0.4) is 0 Å². The number of nitrogens with one attached hydrogen (secondary N) is 6. The first-order chi connectivity index (χ1) is 55.1. The van der Waals surface area contributed by atoms with E-state index in [4.69, 9.17) is 66.2 Å². The predicted octanol–water partition coefficient (Wildman–Crippen LogP) is 9.95.